The summed E-state index contributed by atoms with van der Waals surface area (Å²) in [5.41, 5.74) is 0. The first-order valence-corrected chi connectivity index (χ1v) is 4.09. The Morgan fingerprint density at radius 1 is 1.73 bits per heavy atom. The zero-order chi connectivity index (χ0) is 8.27. The van der Waals surface area contributed by atoms with Gasteiger partial charge in [0.2, 0.25) is 0 Å². The van der Waals surface area contributed by atoms with Crippen molar-refractivity contribution in [3.05, 3.63) is 12.2 Å². The number of halogens is 1. The highest BCUT2D eigenvalue weighted by molar-refractivity contribution is 6.68. The van der Waals surface area contributed by atoms with Gasteiger partial charge in [0.25, 0.3) is 0 Å². The molecule has 1 unspecified atom stereocenters. The van der Waals surface area contributed by atoms with E-state index < -0.39 is 0 Å². The minimum Gasteiger partial charge on any atom is -0.309 e. The van der Waals surface area contributed by atoms with Crippen molar-refractivity contribution in [3.8, 4) is 0 Å². The average molecular weight is 173 g/mol. The van der Waals surface area contributed by atoms with Crippen molar-refractivity contribution in [2.24, 2.45) is 10.9 Å². The molecule has 0 aromatic carbocycles. The number of nitrogens with zero attached hydrogens (tertiary/aromatic N) is 2. The summed E-state index contributed by atoms with van der Waals surface area (Å²) in [7, 11) is 4.13. The molecule has 1 atom stereocenters. The number of hydrogen-bond acceptors (Lipinski definition) is 2. The third-order valence-corrected chi connectivity index (χ3v) is 1.83. The molecule has 0 amide bonds. The molecule has 0 saturated heterocycles. The molecule has 0 bridgehead atoms. The van der Waals surface area contributed by atoms with Gasteiger partial charge in [-0.2, -0.15) is 0 Å². The van der Waals surface area contributed by atoms with Crippen LogP contribution in [0.4, 0.5) is 0 Å². The highest BCUT2D eigenvalue weighted by Gasteiger charge is 2.08. The summed E-state index contributed by atoms with van der Waals surface area (Å²) < 4.78 is 0. The maximum absolute atomic E-state index is 5.67. The quantitative estimate of drug-likeness (QED) is 0.615. The number of dihydropyridines is 1. The van der Waals surface area contributed by atoms with E-state index >= 15 is 0 Å². The first kappa shape index (κ1) is 8.75. The molecule has 0 N–H and O–H groups in total. The van der Waals surface area contributed by atoms with Gasteiger partial charge in [0.15, 0.2) is 0 Å². The van der Waals surface area contributed by atoms with Crippen molar-refractivity contribution in [2.75, 3.05) is 27.2 Å². The molecule has 0 fully saturated rings. The number of rotatable bonds is 2. The zero-order valence-electron chi connectivity index (χ0n) is 6.92. The number of allylic oxidation sites excluding steroid dienone is 1. The highest BCUT2D eigenvalue weighted by Crippen LogP contribution is 2.08. The van der Waals surface area contributed by atoms with Gasteiger partial charge < -0.3 is 4.90 Å². The fraction of sp³-hybridized carbons (Fsp3) is 0.625. The Morgan fingerprint density at radius 2 is 2.45 bits per heavy atom. The third-order valence-electron chi connectivity index (χ3n) is 1.58. The van der Waals surface area contributed by atoms with Crippen LogP contribution in [0.25, 0.3) is 0 Å². The molecule has 1 rings (SSSR count). The van der Waals surface area contributed by atoms with Crippen molar-refractivity contribution >= 4 is 16.8 Å². The number of hydrogen-bond donors (Lipinski definition) is 0. The van der Waals surface area contributed by atoms with E-state index in [0.717, 1.165) is 13.1 Å². The maximum atomic E-state index is 5.67. The van der Waals surface area contributed by atoms with E-state index in [1.54, 1.807) is 0 Å². The van der Waals surface area contributed by atoms with E-state index in [9.17, 15) is 0 Å². The largest absolute Gasteiger partial charge is 0.309 e. The van der Waals surface area contributed by atoms with Gasteiger partial charge in [-0.05, 0) is 20.2 Å². The SMILES string of the molecule is CN(C)CC1C=CC(Cl)=NC1. The van der Waals surface area contributed by atoms with Crippen molar-refractivity contribution in [2.45, 2.75) is 0 Å². The molecule has 0 aromatic heterocycles. The summed E-state index contributed by atoms with van der Waals surface area (Å²) in [6, 6.07) is 0. The van der Waals surface area contributed by atoms with Crippen LogP contribution in [0.2, 0.25) is 0 Å². The summed E-state index contributed by atoms with van der Waals surface area (Å²) in [4.78, 5) is 6.29. The van der Waals surface area contributed by atoms with Gasteiger partial charge in [-0.3, -0.25) is 4.99 Å². The molecular weight excluding hydrogens is 160 g/mol. The standard InChI is InChI=1S/C8H13ClN2/c1-11(2)6-7-3-4-8(9)10-5-7/h3-4,7H,5-6H2,1-2H3. The fourth-order valence-electron chi connectivity index (χ4n) is 1.12. The first-order valence-electron chi connectivity index (χ1n) is 3.71. The molecule has 0 aromatic rings. The molecule has 0 saturated carbocycles. The summed E-state index contributed by atoms with van der Waals surface area (Å²) >= 11 is 5.67. The first-order chi connectivity index (χ1) is 5.18. The van der Waals surface area contributed by atoms with E-state index in [4.69, 9.17) is 11.6 Å². The van der Waals surface area contributed by atoms with E-state index in [1.165, 1.54) is 0 Å². The number of aliphatic imine (C=N–C) groups is 1. The lowest BCUT2D eigenvalue weighted by atomic mass is 10.1. The monoisotopic (exact) mass is 172 g/mol. The molecule has 1 aliphatic rings. The van der Waals surface area contributed by atoms with Gasteiger partial charge in [0, 0.05) is 19.0 Å². The van der Waals surface area contributed by atoms with E-state index in [1.807, 2.05) is 6.08 Å². The molecule has 1 heterocycles. The van der Waals surface area contributed by atoms with Crippen LogP contribution in [0.3, 0.4) is 0 Å². The molecular formula is C8H13ClN2. The van der Waals surface area contributed by atoms with Crippen LogP contribution in [-0.4, -0.2) is 37.3 Å². The summed E-state index contributed by atoms with van der Waals surface area (Å²) in [5.74, 6) is 0.535. The van der Waals surface area contributed by atoms with E-state index in [2.05, 4.69) is 30.1 Å². The maximum Gasteiger partial charge on any atom is 0.123 e. The topological polar surface area (TPSA) is 15.6 Å². The lowest BCUT2D eigenvalue weighted by Gasteiger charge is -2.17. The Balaban J connectivity index is 2.37. The Bertz CT molecular complexity index is 185. The van der Waals surface area contributed by atoms with Gasteiger partial charge >= 0.3 is 0 Å². The predicted octanol–water partition coefficient (Wildman–Crippen LogP) is 1.37. The Morgan fingerprint density at radius 3 is 2.91 bits per heavy atom. The van der Waals surface area contributed by atoms with Gasteiger partial charge in [0.05, 0.1) is 0 Å². The second-order valence-corrected chi connectivity index (χ2v) is 3.43. The van der Waals surface area contributed by atoms with Crippen molar-refractivity contribution in [1.82, 2.24) is 4.90 Å². The van der Waals surface area contributed by atoms with Gasteiger partial charge in [0.1, 0.15) is 5.17 Å². The van der Waals surface area contributed by atoms with Crippen LogP contribution < -0.4 is 0 Å². The third kappa shape index (κ3) is 3.04. The van der Waals surface area contributed by atoms with Crippen LogP contribution >= 0.6 is 11.6 Å². The summed E-state index contributed by atoms with van der Waals surface area (Å²) in [6.07, 6.45) is 3.99. The van der Waals surface area contributed by atoms with E-state index in [-0.39, 0.29) is 0 Å². The minimum atomic E-state index is 0.535. The molecule has 11 heavy (non-hydrogen) atoms. The Hall–Kier alpha value is -0.340. The predicted molar refractivity (Wildman–Crippen MR) is 49.3 cm³/mol. The summed E-state index contributed by atoms with van der Waals surface area (Å²) in [6.45, 7) is 1.87. The molecule has 0 spiro atoms. The normalized spacial score (nSPS) is 24.0. The second kappa shape index (κ2) is 3.88. The van der Waals surface area contributed by atoms with Crippen LogP contribution in [-0.2, 0) is 0 Å². The average Bonchev–Trinajstić information content (AvgIpc) is 1.93. The molecule has 1 aliphatic heterocycles. The van der Waals surface area contributed by atoms with Gasteiger partial charge in [-0.15, -0.1) is 0 Å². The van der Waals surface area contributed by atoms with Crippen LogP contribution in [0, 0.1) is 5.92 Å². The van der Waals surface area contributed by atoms with Crippen LogP contribution in [0.15, 0.2) is 17.1 Å². The van der Waals surface area contributed by atoms with Gasteiger partial charge in [-0.1, -0.05) is 17.7 Å². The summed E-state index contributed by atoms with van der Waals surface area (Å²) in [5, 5.41) is 0.625. The molecule has 62 valence electrons. The second-order valence-electron chi connectivity index (χ2n) is 3.04. The fourth-order valence-corrected chi connectivity index (χ4v) is 1.26. The minimum absolute atomic E-state index is 0.535. The smallest absolute Gasteiger partial charge is 0.123 e. The van der Waals surface area contributed by atoms with Crippen LogP contribution in [0.1, 0.15) is 0 Å². The molecule has 0 radical (unpaired) electrons. The van der Waals surface area contributed by atoms with E-state index in [0.29, 0.717) is 11.1 Å². The Labute approximate surface area is 72.6 Å². The molecule has 0 aliphatic carbocycles. The van der Waals surface area contributed by atoms with Crippen LogP contribution in [0.5, 0.6) is 0 Å². The lowest BCUT2D eigenvalue weighted by Crippen LogP contribution is -2.23. The zero-order valence-corrected chi connectivity index (χ0v) is 7.67. The van der Waals surface area contributed by atoms with Crippen molar-refractivity contribution in [1.29, 1.82) is 0 Å². The molecule has 3 heteroatoms. The molecule has 2 nitrogen and oxygen atoms in total. The van der Waals surface area contributed by atoms with Crippen molar-refractivity contribution < 1.29 is 0 Å². The lowest BCUT2D eigenvalue weighted by molar-refractivity contribution is 0.362. The van der Waals surface area contributed by atoms with Crippen molar-refractivity contribution in [3.63, 3.8) is 0 Å². The van der Waals surface area contributed by atoms with Gasteiger partial charge in [-0.25, -0.2) is 0 Å². The highest BCUT2D eigenvalue weighted by atomic mass is 35.5. The Kier molecular flexibility index (Phi) is 3.09.